The number of nitrogens with zero attached hydrogens (tertiary/aromatic N) is 1. The minimum Gasteiger partial charge on any atom is -0.454 e. The van der Waals surface area contributed by atoms with Crippen LogP contribution in [0.4, 0.5) is 8.78 Å². The molecule has 1 aromatic heterocycles. The van der Waals surface area contributed by atoms with Gasteiger partial charge in [0.05, 0.1) is 11.1 Å². The first-order chi connectivity index (χ1) is 15.0. The van der Waals surface area contributed by atoms with Gasteiger partial charge in [0.15, 0.2) is 12.2 Å². The van der Waals surface area contributed by atoms with Gasteiger partial charge in [-0.3, -0.25) is 4.79 Å². The normalized spacial score (nSPS) is 10.9. The van der Waals surface area contributed by atoms with Crippen molar-refractivity contribution in [3.05, 3.63) is 95.1 Å². The predicted molar refractivity (Wildman–Crippen MR) is 111 cm³/mol. The first-order valence-corrected chi connectivity index (χ1v) is 10.2. The van der Waals surface area contributed by atoms with Gasteiger partial charge in [-0.15, -0.1) is 0 Å². The molecule has 0 saturated heterocycles. The number of fused-ring (bicyclic) bond motifs is 1. The lowest BCUT2D eigenvalue weighted by Gasteiger charge is -2.09. The highest BCUT2D eigenvalue weighted by atomic mass is 32.2. The average molecular weight is 439 g/mol. The van der Waals surface area contributed by atoms with Crippen LogP contribution in [0.2, 0.25) is 0 Å². The molecule has 0 radical (unpaired) electrons. The zero-order valence-electron chi connectivity index (χ0n) is 16.0. The molecule has 31 heavy (non-hydrogen) atoms. The maximum atomic E-state index is 13.7. The number of esters is 1. The van der Waals surface area contributed by atoms with Crippen LogP contribution in [-0.2, 0) is 10.5 Å². The van der Waals surface area contributed by atoms with E-state index in [4.69, 9.17) is 9.15 Å². The number of aromatic nitrogens is 1. The van der Waals surface area contributed by atoms with Gasteiger partial charge in [0, 0.05) is 5.75 Å². The van der Waals surface area contributed by atoms with E-state index in [1.165, 1.54) is 11.8 Å². The number of carbonyl (C=O) groups excluding carboxylic acids is 2. The molecule has 0 bridgehead atoms. The van der Waals surface area contributed by atoms with E-state index >= 15 is 0 Å². The summed E-state index contributed by atoms with van der Waals surface area (Å²) in [5, 5.41) is 0.459. The topological polar surface area (TPSA) is 69.4 Å². The smallest absolute Gasteiger partial charge is 0.338 e. The number of hydrogen-bond donors (Lipinski definition) is 0. The van der Waals surface area contributed by atoms with Gasteiger partial charge in [-0.25, -0.2) is 18.6 Å². The second-order valence-corrected chi connectivity index (χ2v) is 7.44. The van der Waals surface area contributed by atoms with Crippen molar-refractivity contribution in [1.82, 2.24) is 4.98 Å². The molecule has 0 aliphatic carbocycles. The van der Waals surface area contributed by atoms with Gasteiger partial charge in [-0.05, 0) is 42.0 Å². The summed E-state index contributed by atoms with van der Waals surface area (Å²) >= 11 is 1.31. The number of Topliss-reactive ketones (excluding diaryl/α,β-unsaturated/α-hetero) is 1. The SMILES string of the molecule is O=C(COC(=O)c1ccccc1CSc1nc2ccccc2o1)c1cc(F)ccc1F. The van der Waals surface area contributed by atoms with Crippen molar-refractivity contribution >= 4 is 34.6 Å². The number of ketones is 1. The van der Waals surface area contributed by atoms with E-state index in [1.807, 2.05) is 24.3 Å². The molecule has 4 rings (SSSR count). The summed E-state index contributed by atoms with van der Waals surface area (Å²) in [4.78, 5) is 29.0. The standard InChI is InChI=1S/C23H15F2NO4S/c24-15-9-10-18(25)17(11-15)20(27)12-29-22(28)16-6-2-1-5-14(16)13-31-23-26-19-7-3-4-8-21(19)30-23/h1-11H,12-13H2. The van der Waals surface area contributed by atoms with Crippen LogP contribution in [0, 0.1) is 11.6 Å². The lowest BCUT2D eigenvalue weighted by atomic mass is 10.1. The zero-order valence-corrected chi connectivity index (χ0v) is 16.8. The van der Waals surface area contributed by atoms with Gasteiger partial charge in [-0.1, -0.05) is 42.1 Å². The molecule has 0 aliphatic heterocycles. The van der Waals surface area contributed by atoms with E-state index in [0.29, 0.717) is 22.1 Å². The fourth-order valence-electron chi connectivity index (χ4n) is 2.90. The minimum absolute atomic E-state index is 0.263. The number of benzene rings is 3. The van der Waals surface area contributed by atoms with Crippen LogP contribution < -0.4 is 0 Å². The monoisotopic (exact) mass is 439 g/mol. The summed E-state index contributed by atoms with van der Waals surface area (Å²) < 4.78 is 37.7. The Morgan fingerprint density at radius 2 is 1.74 bits per heavy atom. The summed E-state index contributed by atoms with van der Waals surface area (Å²) in [7, 11) is 0. The van der Waals surface area contributed by atoms with Crippen LogP contribution >= 0.6 is 11.8 Å². The van der Waals surface area contributed by atoms with E-state index in [2.05, 4.69) is 4.98 Å². The van der Waals surface area contributed by atoms with Crippen molar-refractivity contribution in [3.63, 3.8) is 0 Å². The summed E-state index contributed by atoms with van der Waals surface area (Å²) in [5.74, 6) is -2.82. The van der Waals surface area contributed by atoms with Gasteiger partial charge in [-0.2, -0.15) is 0 Å². The molecule has 0 unspecified atom stereocenters. The fraction of sp³-hybridized carbons (Fsp3) is 0.0870. The molecule has 0 atom stereocenters. The molecular weight excluding hydrogens is 424 g/mol. The third-order valence-corrected chi connectivity index (χ3v) is 5.30. The lowest BCUT2D eigenvalue weighted by Crippen LogP contribution is -2.16. The Bertz CT molecular complexity index is 1240. The van der Waals surface area contributed by atoms with E-state index in [1.54, 1.807) is 24.3 Å². The highest BCUT2D eigenvalue weighted by molar-refractivity contribution is 7.98. The molecule has 4 aromatic rings. The molecule has 0 spiro atoms. The first kappa shape index (κ1) is 20.7. The summed E-state index contributed by atoms with van der Waals surface area (Å²) in [6.07, 6.45) is 0. The minimum atomic E-state index is -0.877. The summed E-state index contributed by atoms with van der Waals surface area (Å²) in [6, 6.07) is 16.7. The molecule has 0 aliphatic rings. The van der Waals surface area contributed by atoms with Crippen molar-refractivity contribution < 1.29 is 27.5 Å². The zero-order chi connectivity index (χ0) is 21.8. The second kappa shape index (κ2) is 9.09. The van der Waals surface area contributed by atoms with Crippen molar-refractivity contribution in [2.24, 2.45) is 0 Å². The molecule has 8 heteroatoms. The molecular formula is C23H15F2NO4S. The molecule has 0 fully saturated rings. The number of para-hydroxylation sites is 2. The molecule has 0 saturated carbocycles. The molecule has 156 valence electrons. The summed E-state index contributed by atoms with van der Waals surface area (Å²) in [5.41, 5.74) is 1.86. The van der Waals surface area contributed by atoms with E-state index in [9.17, 15) is 18.4 Å². The number of halogens is 2. The second-order valence-electron chi connectivity index (χ2n) is 6.52. The van der Waals surface area contributed by atoms with Crippen LogP contribution in [0.1, 0.15) is 26.3 Å². The molecule has 0 N–H and O–H groups in total. The quantitative estimate of drug-likeness (QED) is 0.217. The predicted octanol–water partition coefficient (Wildman–Crippen LogP) is 5.44. The molecule has 1 heterocycles. The summed E-state index contributed by atoms with van der Waals surface area (Å²) in [6.45, 7) is -0.703. The van der Waals surface area contributed by atoms with Gasteiger partial charge in [0.25, 0.3) is 5.22 Å². The number of rotatable bonds is 7. The van der Waals surface area contributed by atoms with Crippen molar-refractivity contribution in [1.29, 1.82) is 0 Å². The van der Waals surface area contributed by atoms with Crippen LogP contribution in [0.3, 0.4) is 0 Å². The van der Waals surface area contributed by atoms with Crippen molar-refractivity contribution in [3.8, 4) is 0 Å². The number of oxazole rings is 1. The average Bonchev–Trinajstić information content (AvgIpc) is 3.20. The highest BCUT2D eigenvalue weighted by Gasteiger charge is 2.18. The van der Waals surface area contributed by atoms with Gasteiger partial charge in [0.1, 0.15) is 17.2 Å². The Morgan fingerprint density at radius 3 is 2.58 bits per heavy atom. The van der Waals surface area contributed by atoms with E-state index < -0.39 is 35.6 Å². The van der Waals surface area contributed by atoms with Crippen molar-refractivity contribution in [2.75, 3.05) is 6.61 Å². The van der Waals surface area contributed by atoms with E-state index in [-0.39, 0.29) is 5.56 Å². The largest absolute Gasteiger partial charge is 0.454 e. The Morgan fingerprint density at radius 1 is 0.968 bits per heavy atom. The van der Waals surface area contributed by atoms with Gasteiger partial charge in [0.2, 0.25) is 5.78 Å². The van der Waals surface area contributed by atoms with Crippen LogP contribution in [0.25, 0.3) is 11.1 Å². The Labute approximate surface area is 180 Å². The highest BCUT2D eigenvalue weighted by Crippen LogP contribution is 2.27. The Balaban J connectivity index is 1.43. The van der Waals surface area contributed by atoms with Gasteiger partial charge < -0.3 is 9.15 Å². The van der Waals surface area contributed by atoms with Gasteiger partial charge >= 0.3 is 5.97 Å². The fourth-order valence-corrected chi connectivity index (χ4v) is 3.74. The Hall–Kier alpha value is -3.52. The number of thioether (sulfide) groups is 1. The lowest BCUT2D eigenvalue weighted by molar-refractivity contribution is 0.0472. The first-order valence-electron chi connectivity index (χ1n) is 9.23. The van der Waals surface area contributed by atoms with Crippen LogP contribution in [0.15, 0.2) is 76.4 Å². The Kier molecular flexibility index (Phi) is 6.08. The molecule has 5 nitrogen and oxygen atoms in total. The van der Waals surface area contributed by atoms with Crippen LogP contribution in [-0.4, -0.2) is 23.3 Å². The van der Waals surface area contributed by atoms with Crippen LogP contribution in [0.5, 0.6) is 0 Å². The number of hydrogen-bond acceptors (Lipinski definition) is 6. The third kappa shape index (κ3) is 4.80. The maximum Gasteiger partial charge on any atom is 0.338 e. The van der Waals surface area contributed by atoms with Crippen molar-refractivity contribution in [2.45, 2.75) is 11.0 Å². The maximum absolute atomic E-state index is 13.7. The molecule has 0 amide bonds. The third-order valence-electron chi connectivity index (χ3n) is 4.43. The number of ether oxygens (including phenoxy) is 1. The number of carbonyl (C=O) groups is 2. The molecule has 3 aromatic carbocycles. The van der Waals surface area contributed by atoms with E-state index in [0.717, 1.165) is 23.7 Å².